The average molecular weight is 409 g/mol. The van der Waals surface area contributed by atoms with E-state index in [1.54, 1.807) is 0 Å². The van der Waals surface area contributed by atoms with E-state index in [2.05, 4.69) is 66.0 Å². The summed E-state index contributed by atoms with van der Waals surface area (Å²) in [6.45, 7) is 11.0. The Kier molecular flexibility index (Phi) is 6.75. The number of thioether (sulfide) groups is 1. The van der Waals surface area contributed by atoms with Gasteiger partial charge in [-0.05, 0) is 43.9 Å². The number of anilines is 1. The summed E-state index contributed by atoms with van der Waals surface area (Å²) in [5.74, 6) is 1.14. The first-order chi connectivity index (χ1) is 13.9. The average Bonchev–Trinajstić information content (AvgIpc) is 3.10. The lowest BCUT2D eigenvalue weighted by Crippen LogP contribution is -2.23. The molecule has 0 aliphatic heterocycles. The molecule has 3 rings (SSSR count). The van der Waals surface area contributed by atoms with Crippen LogP contribution in [0, 0.1) is 6.92 Å². The van der Waals surface area contributed by atoms with Crippen molar-refractivity contribution in [1.29, 1.82) is 0 Å². The Bertz CT molecular complexity index is 996. The molecule has 0 bridgehead atoms. The Morgan fingerprint density at radius 3 is 2.45 bits per heavy atom. The second-order valence-corrected chi connectivity index (χ2v) is 8.66. The van der Waals surface area contributed by atoms with Gasteiger partial charge in [0, 0.05) is 17.8 Å². The molecule has 0 radical (unpaired) electrons. The zero-order valence-corrected chi connectivity index (χ0v) is 18.5. The van der Waals surface area contributed by atoms with Gasteiger partial charge in [-0.15, -0.1) is 10.2 Å². The number of hydrogen-bond donors (Lipinski definition) is 1. The van der Waals surface area contributed by atoms with Crippen molar-refractivity contribution in [2.75, 3.05) is 5.32 Å². The van der Waals surface area contributed by atoms with E-state index >= 15 is 0 Å². The summed E-state index contributed by atoms with van der Waals surface area (Å²) in [5, 5.41) is 12.3. The molecule has 1 heterocycles. The van der Waals surface area contributed by atoms with E-state index in [-0.39, 0.29) is 11.2 Å². The van der Waals surface area contributed by atoms with Gasteiger partial charge in [0.25, 0.3) is 0 Å². The quantitative estimate of drug-likeness (QED) is 0.523. The van der Waals surface area contributed by atoms with E-state index < -0.39 is 0 Å². The van der Waals surface area contributed by atoms with Gasteiger partial charge in [-0.3, -0.25) is 4.79 Å². The van der Waals surface area contributed by atoms with Crippen LogP contribution in [0.4, 0.5) is 5.69 Å². The maximum absolute atomic E-state index is 12.8. The maximum atomic E-state index is 12.8. The van der Waals surface area contributed by atoms with Crippen molar-refractivity contribution in [2.24, 2.45) is 0 Å². The van der Waals surface area contributed by atoms with Crippen LogP contribution in [0.2, 0.25) is 0 Å². The summed E-state index contributed by atoms with van der Waals surface area (Å²) in [6.07, 6.45) is 0. The van der Waals surface area contributed by atoms with Crippen molar-refractivity contribution in [3.05, 3.63) is 59.7 Å². The third kappa shape index (κ3) is 4.70. The number of aromatic nitrogens is 3. The van der Waals surface area contributed by atoms with Crippen LogP contribution in [-0.2, 0) is 11.3 Å². The lowest BCUT2D eigenvalue weighted by Gasteiger charge is -2.16. The SMILES string of the molecule is CCn1c(S[C@H](C)C(=O)Nc2ccccc2C(C)C)nnc1-c1ccccc1C. The van der Waals surface area contributed by atoms with Crippen LogP contribution in [-0.4, -0.2) is 25.9 Å². The number of nitrogens with one attached hydrogen (secondary N) is 1. The van der Waals surface area contributed by atoms with E-state index in [0.29, 0.717) is 5.92 Å². The van der Waals surface area contributed by atoms with E-state index in [0.717, 1.165) is 39.9 Å². The number of carbonyl (C=O) groups excluding carboxylic acids is 1. The van der Waals surface area contributed by atoms with Crippen LogP contribution in [0.5, 0.6) is 0 Å². The fraction of sp³-hybridized carbons (Fsp3) is 0.348. The topological polar surface area (TPSA) is 59.8 Å². The van der Waals surface area contributed by atoms with Gasteiger partial charge in [0.2, 0.25) is 5.91 Å². The molecule has 2 aromatic carbocycles. The first-order valence-electron chi connectivity index (χ1n) is 9.98. The van der Waals surface area contributed by atoms with Crippen LogP contribution in [0.25, 0.3) is 11.4 Å². The largest absolute Gasteiger partial charge is 0.325 e. The number of rotatable bonds is 7. The Morgan fingerprint density at radius 1 is 1.07 bits per heavy atom. The van der Waals surface area contributed by atoms with Crippen molar-refractivity contribution in [3.63, 3.8) is 0 Å². The van der Waals surface area contributed by atoms with E-state index in [9.17, 15) is 4.79 Å². The molecule has 6 heteroatoms. The van der Waals surface area contributed by atoms with Gasteiger partial charge < -0.3 is 9.88 Å². The molecule has 1 N–H and O–H groups in total. The number of amides is 1. The fourth-order valence-electron chi connectivity index (χ4n) is 3.24. The molecule has 1 aromatic heterocycles. The summed E-state index contributed by atoms with van der Waals surface area (Å²) in [7, 11) is 0. The van der Waals surface area contributed by atoms with Crippen molar-refractivity contribution < 1.29 is 4.79 Å². The molecule has 152 valence electrons. The molecular weight excluding hydrogens is 380 g/mol. The smallest absolute Gasteiger partial charge is 0.237 e. The Morgan fingerprint density at radius 2 is 1.76 bits per heavy atom. The predicted molar refractivity (Wildman–Crippen MR) is 120 cm³/mol. The van der Waals surface area contributed by atoms with Crippen molar-refractivity contribution in [2.45, 2.75) is 57.5 Å². The fourth-order valence-corrected chi connectivity index (χ4v) is 4.16. The van der Waals surface area contributed by atoms with Crippen molar-refractivity contribution in [3.8, 4) is 11.4 Å². The Hall–Kier alpha value is -2.60. The normalized spacial score (nSPS) is 12.2. The summed E-state index contributed by atoms with van der Waals surface area (Å²) >= 11 is 1.44. The molecule has 3 aromatic rings. The van der Waals surface area contributed by atoms with Crippen molar-refractivity contribution >= 4 is 23.4 Å². The van der Waals surface area contributed by atoms with Gasteiger partial charge >= 0.3 is 0 Å². The predicted octanol–water partition coefficient (Wildman–Crippen LogP) is 5.52. The highest BCUT2D eigenvalue weighted by molar-refractivity contribution is 8.00. The minimum atomic E-state index is -0.297. The number of carbonyl (C=O) groups is 1. The highest BCUT2D eigenvalue weighted by Gasteiger charge is 2.21. The Labute approximate surface area is 176 Å². The summed E-state index contributed by atoms with van der Waals surface area (Å²) < 4.78 is 2.07. The number of benzene rings is 2. The third-order valence-corrected chi connectivity index (χ3v) is 5.99. The highest BCUT2D eigenvalue weighted by Crippen LogP contribution is 2.30. The number of para-hydroxylation sites is 1. The lowest BCUT2D eigenvalue weighted by atomic mass is 10.0. The highest BCUT2D eigenvalue weighted by atomic mass is 32.2. The third-order valence-electron chi connectivity index (χ3n) is 4.91. The van der Waals surface area contributed by atoms with Gasteiger partial charge in [0.1, 0.15) is 0 Å². The van der Waals surface area contributed by atoms with Crippen LogP contribution < -0.4 is 5.32 Å². The number of aryl methyl sites for hydroxylation is 1. The molecular formula is C23H28N4OS. The Balaban J connectivity index is 1.78. The number of nitrogens with zero attached hydrogens (tertiary/aromatic N) is 3. The standard InChI is InChI=1S/C23H28N4OS/c1-6-27-21(19-13-8-7-11-16(19)4)25-26-23(27)29-17(5)22(28)24-20-14-10-9-12-18(20)15(2)3/h7-15,17H,6H2,1-5H3,(H,24,28)/t17-/m1/s1. The molecule has 29 heavy (non-hydrogen) atoms. The monoisotopic (exact) mass is 408 g/mol. The molecule has 1 amide bonds. The lowest BCUT2D eigenvalue weighted by molar-refractivity contribution is -0.115. The second-order valence-electron chi connectivity index (χ2n) is 7.36. The van der Waals surface area contributed by atoms with Gasteiger partial charge in [-0.25, -0.2) is 0 Å². The van der Waals surface area contributed by atoms with Gasteiger partial charge in [0.15, 0.2) is 11.0 Å². The van der Waals surface area contributed by atoms with Gasteiger partial charge in [-0.1, -0.05) is 68.1 Å². The zero-order valence-electron chi connectivity index (χ0n) is 17.6. The zero-order chi connectivity index (χ0) is 21.0. The van der Waals surface area contributed by atoms with Gasteiger partial charge in [-0.2, -0.15) is 0 Å². The molecule has 0 aliphatic rings. The van der Waals surface area contributed by atoms with Crippen molar-refractivity contribution in [1.82, 2.24) is 14.8 Å². The van der Waals surface area contributed by atoms with E-state index in [4.69, 9.17) is 0 Å². The van der Waals surface area contributed by atoms with Crippen LogP contribution in [0.15, 0.2) is 53.7 Å². The number of hydrogen-bond acceptors (Lipinski definition) is 4. The molecule has 0 spiro atoms. The molecule has 0 unspecified atom stereocenters. The van der Waals surface area contributed by atoms with Gasteiger partial charge in [0.05, 0.1) is 5.25 Å². The minimum absolute atomic E-state index is 0.0359. The summed E-state index contributed by atoms with van der Waals surface area (Å²) in [4.78, 5) is 12.8. The maximum Gasteiger partial charge on any atom is 0.237 e. The molecule has 0 saturated heterocycles. The van der Waals surface area contributed by atoms with Crippen LogP contribution >= 0.6 is 11.8 Å². The summed E-state index contributed by atoms with van der Waals surface area (Å²) in [6, 6.07) is 16.1. The van der Waals surface area contributed by atoms with Crippen LogP contribution in [0.3, 0.4) is 0 Å². The molecule has 1 atom stereocenters. The molecule has 0 saturated carbocycles. The molecule has 0 aliphatic carbocycles. The van der Waals surface area contributed by atoms with E-state index in [1.165, 1.54) is 11.8 Å². The first-order valence-corrected chi connectivity index (χ1v) is 10.9. The summed E-state index contributed by atoms with van der Waals surface area (Å²) in [5.41, 5.74) is 4.23. The molecule has 5 nitrogen and oxygen atoms in total. The molecule has 0 fully saturated rings. The minimum Gasteiger partial charge on any atom is -0.325 e. The second kappa shape index (κ2) is 9.27. The first kappa shape index (κ1) is 21.1. The van der Waals surface area contributed by atoms with E-state index in [1.807, 2.05) is 37.3 Å². The van der Waals surface area contributed by atoms with Crippen LogP contribution in [0.1, 0.15) is 44.7 Å².